The van der Waals surface area contributed by atoms with E-state index in [9.17, 15) is 19.2 Å². The number of fused-ring (bicyclic) bond motifs is 1. The van der Waals surface area contributed by atoms with E-state index in [2.05, 4.69) is 0 Å². The molecule has 0 radical (unpaired) electrons. The van der Waals surface area contributed by atoms with Crippen LogP contribution in [-0.2, 0) is 19.1 Å². The first-order valence-corrected chi connectivity index (χ1v) is 7.67. The average Bonchev–Trinajstić information content (AvgIpc) is 2.55. The Morgan fingerprint density at radius 1 is 1.25 bits per heavy atom. The second-order valence-corrected chi connectivity index (χ2v) is 5.38. The molecule has 0 unspecified atom stereocenters. The molecule has 0 aliphatic carbocycles. The maximum atomic E-state index is 12.2. The number of Topliss-reactive ketones (excluding diaryl/α,β-unsaturated/α-hetero) is 2. The SMILES string of the molecule is CCOC(=O)CCC(=O)c1ccc2c(c1)N(CC(C)=O)C(=O)CO2. The second kappa shape index (κ2) is 7.72. The number of esters is 1. The lowest BCUT2D eigenvalue weighted by molar-refractivity contribution is -0.143. The highest BCUT2D eigenvalue weighted by molar-refractivity contribution is 6.04. The summed E-state index contributed by atoms with van der Waals surface area (Å²) in [5, 5.41) is 0. The van der Waals surface area contributed by atoms with Crippen molar-refractivity contribution in [2.45, 2.75) is 26.7 Å². The Labute approximate surface area is 139 Å². The molecule has 7 heteroatoms. The van der Waals surface area contributed by atoms with E-state index in [1.807, 2.05) is 0 Å². The van der Waals surface area contributed by atoms with Crippen molar-refractivity contribution < 1.29 is 28.7 Å². The maximum Gasteiger partial charge on any atom is 0.306 e. The van der Waals surface area contributed by atoms with Gasteiger partial charge < -0.3 is 9.47 Å². The lowest BCUT2D eigenvalue weighted by Crippen LogP contribution is -2.41. The summed E-state index contributed by atoms with van der Waals surface area (Å²) in [6.45, 7) is 3.14. The van der Waals surface area contributed by atoms with E-state index in [1.54, 1.807) is 19.1 Å². The summed E-state index contributed by atoms with van der Waals surface area (Å²) in [5.74, 6) is -0.742. The van der Waals surface area contributed by atoms with Crippen LogP contribution in [-0.4, -0.2) is 43.2 Å². The van der Waals surface area contributed by atoms with Crippen molar-refractivity contribution in [1.29, 1.82) is 0 Å². The van der Waals surface area contributed by atoms with Crippen molar-refractivity contribution in [1.82, 2.24) is 0 Å². The van der Waals surface area contributed by atoms with E-state index in [0.29, 0.717) is 17.0 Å². The van der Waals surface area contributed by atoms with Crippen LogP contribution in [0.5, 0.6) is 5.75 Å². The van der Waals surface area contributed by atoms with Gasteiger partial charge in [0.15, 0.2) is 12.4 Å². The van der Waals surface area contributed by atoms with E-state index in [-0.39, 0.29) is 50.1 Å². The topological polar surface area (TPSA) is 90.0 Å². The van der Waals surface area contributed by atoms with Crippen LogP contribution in [0.2, 0.25) is 0 Å². The number of ketones is 2. The molecule has 0 bridgehead atoms. The second-order valence-electron chi connectivity index (χ2n) is 5.38. The third kappa shape index (κ3) is 4.18. The molecule has 1 aromatic carbocycles. The van der Waals surface area contributed by atoms with Gasteiger partial charge >= 0.3 is 5.97 Å². The van der Waals surface area contributed by atoms with Gasteiger partial charge in [-0.3, -0.25) is 24.1 Å². The number of rotatable bonds is 7. The zero-order valence-electron chi connectivity index (χ0n) is 13.7. The van der Waals surface area contributed by atoms with Crippen LogP contribution < -0.4 is 9.64 Å². The first-order chi connectivity index (χ1) is 11.4. The van der Waals surface area contributed by atoms with Crippen LogP contribution in [0, 0.1) is 0 Å². The normalized spacial score (nSPS) is 13.1. The summed E-state index contributed by atoms with van der Waals surface area (Å²) in [5.41, 5.74) is 0.744. The first-order valence-electron chi connectivity index (χ1n) is 7.67. The van der Waals surface area contributed by atoms with Gasteiger partial charge in [0, 0.05) is 12.0 Å². The van der Waals surface area contributed by atoms with Crippen LogP contribution in [0.15, 0.2) is 18.2 Å². The zero-order chi connectivity index (χ0) is 17.7. The number of anilines is 1. The monoisotopic (exact) mass is 333 g/mol. The largest absolute Gasteiger partial charge is 0.482 e. The fourth-order valence-corrected chi connectivity index (χ4v) is 2.36. The molecular formula is C17H19NO6. The minimum Gasteiger partial charge on any atom is -0.482 e. The zero-order valence-corrected chi connectivity index (χ0v) is 13.7. The van der Waals surface area contributed by atoms with Crippen LogP contribution >= 0.6 is 0 Å². The van der Waals surface area contributed by atoms with Crippen LogP contribution in [0.3, 0.4) is 0 Å². The molecular weight excluding hydrogens is 314 g/mol. The molecule has 0 spiro atoms. The summed E-state index contributed by atoms with van der Waals surface area (Å²) in [4.78, 5) is 48.2. The van der Waals surface area contributed by atoms with Crippen LogP contribution in [0.25, 0.3) is 0 Å². The fourth-order valence-electron chi connectivity index (χ4n) is 2.36. The summed E-state index contributed by atoms with van der Waals surface area (Å²) in [6, 6.07) is 4.68. The first kappa shape index (κ1) is 17.7. The van der Waals surface area contributed by atoms with E-state index in [4.69, 9.17) is 9.47 Å². The molecule has 1 aromatic rings. The van der Waals surface area contributed by atoms with Gasteiger partial charge in [-0.15, -0.1) is 0 Å². The highest BCUT2D eigenvalue weighted by atomic mass is 16.5. The smallest absolute Gasteiger partial charge is 0.306 e. The molecule has 0 saturated heterocycles. The summed E-state index contributed by atoms with van der Waals surface area (Å²) >= 11 is 0. The van der Waals surface area contributed by atoms with Crippen molar-refractivity contribution in [3.8, 4) is 5.75 Å². The maximum absolute atomic E-state index is 12.2. The number of carbonyl (C=O) groups is 4. The Morgan fingerprint density at radius 2 is 2.00 bits per heavy atom. The lowest BCUT2D eigenvalue weighted by atomic mass is 10.0. The summed E-state index contributed by atoms with van der Waals surface area (Å²) in [6.07, 6.45) is 0.00941. The number of benzene rings is 1. The number of hydrogen-bond acceptors (Lipinski definition) is 6. The van der Waals surface area contributed by atoms with E-state index >= 15 is 0 Å². The lowest BCUT2D eigenvalue weighted by Gasteiger charge is -2.28. The number of amides is 1. The Kier molecular flexibility index (Phi) is 5.68. The minimum absolute atomic E-state index is 0.00362. The van der Waals surface area contributed by atoms with E-state index in [1.165, 1.54) is 17.9 Å². The Bertz CT molecular complexity index is 682. The van der Waals surface area contributed by atoms with Gasteiger partial charge in [-0.25, -0.2) is 0 Å². The molecule has 1 aliphatic rings. The van der Waals surface area contributed by atoms with Gasteiger partial charge in [-0.05, 0) is 32.0 Å². The van der Waals surface area contributed by atoms with Gasteiger partial charge in [0.1, 0.15) is 11.5 Å². The van der Waals surface area contributed by atoms with Crippen LogP contribution in [0.1, 0.15) is 37.0 Å². The standard InChI is InChI=1S/C17H19NO6/c1-3-23-17(22)7-5-14(20)12-4-6-15-13(8-12)18(9-11(2)19)16(21)10-24-15/h4,6,8H,3,5,7,9-10H2,1-2H3. The highest BCUT2D eigenvalue weighted by Crippen LogP contribution is 2.33. The van der Waals surface area contributed by atoms with Gasteiger partial charge in [0.05, 0.1) is 25.3 Å². The molecule has 1 aliphatic heterocycles. The molecule has 128 valence electrons. The van der Waals surface area contributed by atoms with Gasteiger partial charge in [-0.1, -0.05) is 0 Å². The minimum atomic E-state index is -0.430. The molecule has 0 aromatic heterocycles. The third-order valence-electron chi connectivity index (χ3n) is 3.47. The molecule has 1 heterocycles. The van der Waals surface area contributed by atoms with E-state index in [0.717, 1.165) is 0 Å². The van der Waals surface area contributed by atoms with E-state index < -0.39 is 5.97 Å². The highest BCUT2D eigenvalue weighted by Gasteiger charge is 2.27. The molecule has 24 heavy (non-hydrogen) atoms. The molecule has 7 nitrogen and oxygen atoms in total. The quantitative estimate of drug-likeness (QED) is 0.555. The number of carbonyl (C=O) groups excluding carboxylic acids is 4. The predicted octanol–water partition coefficient (Wildman–Crippen LogP) is 1.53. The molecule has 2 rings (SSSR count). The number of nitrogens with zero attached hydrogens (tertiary/aromatic N) is 1. The Morgan fingerprint density at radius 3 is 2.67 bits per heavy atom. The molecule has 0 fully saturated rings. The Balaban J connectivity index is 2.18. The van der Waals surface area contributed by atoms with Crippen molar-refractivity contribution in [2.24, 2.45) is 0 Å². The predicted molar refractivity (Wildman–Crippen MR) is 85.2 cm³/mol. The van der Waals surface area contributed by atoms with Gasteiger partial charge in [-0.2, -0.15) is 0 Å². The third-order valence-corrected chi connectivity index (χ3v) is 3.47. The Hall–Kier alpha value is -2.70. The van der Waals surface area contributed by atoms with Crippen molar-refractivity contribution >= 4 is 29.1 Å². The van der Waals surface area contributed by atoms with Crippen LogP contribution in [0.4, 0.5) is 5.69 Å². The molecule has 0 atom stereocenters. The van der Waals surface area contributed by atoms with Crippen molar-refractivity contribution in [2.75, 3.05) is 24.7 Å². The molecule has 0 saturated carbocycles. The fraction of sp³-hybridized carbons (Fsp3) is 0.412. The van der Waals surface area contributed by atoms with Gasteiger partial charge in [0.2, 0.25) is 0 Å². The summed E-state index contributed by atoms with van der Waals surface area (Å²) in [7, 11) is 0. The molecule has 1 amide bonds. The number of hydrogen-bond donors (Lipinski definition) is 0. The summed E-state index contributed by atoms with van der Waals surface area (Å²) < 4.78 is 10.1. The number of ether oxygens (including phenoxy) is 2. The van der Waals surface area contributed by atoms with Crippen molar-refractivity contribution in [3.63, 3.8) is 0 Å². The van der Waals surface area contributed by atoms with Gasteiger partial charge in [0.25, 0.3) is 5.91 Å². The molecule has 0 N–H and O–H groups in total. The average molecular weight is 333 g/mol. The van der Waals surface area contributed by atoms with Crippen molar-refractivity contribution in [3.05, 3.63) is 23.8 Å².